The van der Waals surface area contributed by atoms with E-state index in [1.807, 2.05) is 13.8 Å². The third kappa shape index (κ3) is 6.41. The van der Waals surface area contributed by atoms with Crippen molar-refractivity contribution in [3.8, 4) is 5.75 Å². The molecule has 36 heavy (non-hydrogen) atoms. The monoisotopic (exact) mass is 532 g/mol. The average Bonchev–Trinajstić information content (AvgIpc) is 2.79. The number of carbonyl (C=O) groups is 2. The SMILES string of the molecule is CC1(C)C[C@H](NC(=O)[C@](C)(c2cncnc2)N(C(=O)[C@H](F)Cl)c2ccc(OC(F)(F)F)cc2)CCO1. The Morgan fingerprint density at radius 3 is 2.36 bits per heavy atom. The van der Waals surface area contributed by atoms with Crippen LogP contribution < -0.4 is 15.0 Å². The zero-order chi connectivity index (χ0) is 26.7. The number of benzene rings is 1. The van der Waals surface area contributed by atoms with Gasteiger partial charge in [0.1, 0.15) is 12.1 Å². The summed E-state index contributed by atoms with van der Waals surface area (Å²) >= 11 is 5.51. The number of hydrogen-bond acceptors (Lipinski definition) is 6. The number of anilines is 1. The summed E-state index contributed by atoms with van der Waals surface area (Å²) in [6.07, 6.45) is -0.205. The zero-order valence-electron chi connectivity index (χ0n) is 19.7. The summed E-state index contributed by atoms with van der Waals surface area (Å²) in [5.41, 5.74) is -4.99. The molecule has 1 aromatic carbocycles. The van der Waals surface area contributed by atoms with Crippen LogP contribution in [0.15, 0.2) is 43.0 Å². The van der Waals surface area contributed by atoms with Crippen molar-refractivity contribution in [3.05, 3.63) is 48.5 Å². The van der Waals surface area contributed by atoms with E-state index >= 15 is 0 Å². The maximum absolute atomic E-state index is 14.2. The number of amides is 2. The lowest BCUT2D eigenvalue weighted by molar-refractivity contribution is -0.274. The maximum atomic E-state index is 14.2. The number of halogens is 5. The van der Waals surface area contributed by atoms with Gasteiger partial charge in [0, 0.05) is 36.3 Å². The minimum absolute atomic E-state index is 0.105. The van der Waals surface area contributed by atoms with Crippen LogP contribution in [-0.2, 0) is 19.9 Å². The lowest BCUT2D eigenvalue weighted by Gasteiger charge is -2.42. The molecule has 0 spiro atoms. The Labute approximate surface area is 209 Å². The number of alkyl halides is 5. The minimum Gasteiger partial charge on any atom is -0.406 e. The van der Waals surface area contributed by atoms with Gasteiger partial charge in [-0.05, 0) is 57.9 Å². The summed E-state index contributed by atoms with van der Waals surface area (Å²) in [5.74, 6) is -2.57. The summed E-state index contributed by atoms with van der Waals surface area (Å²) in [7, 11) is 0. The molecule has 8 nitrogen and oxygen atoms in total. The number of nitrogens with one attached hydrogen (secondary N) is 1. The predicted octanol–water partition coefficient (Wildman–Crippen LogP) is 4.23. The van der Waals surface area contributed by atoms with Crippen LogP contribution in [-0.4, -0.2) is 52.0 Å². The molecule has 1 saturated heterocycles. The van der Waals surface area contributed by atoms with Gasteiger partial charge in [0.05, 0.1) is 5.60 Å². The molecule has 196 valence electrons. The summed E-state index contributed by atoms with van der Waals surface area (Å²) in [6, 6.07) is 3.72. The summed E-state index contributed by atoms with van der Waals surface area (Å²) in [4.78, 5) is 35.5. The molecule has 1 aliphatic heterocycles. The highest BCUT2D eigenvalue weighted by atomic mass is 35.5. The first-order valence-corrected chi connectivity index (χ1v) is 11.3. The smallest absolute Gasteiger partial charge is 0.406 e. The van der Waals surface area contributed by atoms with Crippen molar-refractivity contribution >= 4 is 29.1 Å². The fourth-order valence-electron chi connectivity index (χ4n) is 4.09. The Morgan fingerprint density at radius 2 is 1.83 bits per heavy atom. The highest BCUT2D eigenvalue weighted by Gasteiger charge is 2.48. The zero-order valence-corrected chi connectivity index (χ0v) is 20.4. The van der Waals surface area contributed by atoms with Gasteiger partial charge in [0.2, 0.25) is 0 Å². The molecule has 1 aromatic heterocycles. The Kier molecular flexibility index (Phi) is 8.09. The molecule has 0 aliphatic carbocycles. The van der Waals surface area contributed by atoms with Gasteiger partial charge >= 0.3 is 6.36 Å². The second-order valence-electron chi connectivity index (χ2n) is 8.99. The van der Waals surface area contributed by atoms with E-state index in [1.165, 1.54) is 25.6 Å². The standard InChI is InChI=1S/C23H25ClF4N4O4/c1-21(2)10-15(8-9-35-21)31-20(34)22(3,14-11-29-13-30-12-14)32(19(33)18(24)25)16-4-6-17(7-5-16)36-23(26,27)28/h4-7,11-13,15,18H,8-10H2,1-3H3,(H,31,34)/t15-,18+,22+/m1/s1. The molecule has 3 atom stereocenters. The van der Waals surface area contributed by atoms with Gasteiger partial charge in [0.25, 0.3) is 17.4 Å². The fraction of sp³-hybridized carbons (Fsp3) is 0.478. The first kappa shape index (κ1) is 27.6. The van der Waals surface area contributed by atoms with Gasteiger partial charge in [0.15, 0.2) is 5.54 Å². The van der Waals surface area contributed by atoms with Gasteiger partial charge in [-0.3, -0.25) is 14.5 Å². The van der Waals surface area contributed by atoms with Crippen LogP contribution in [0.5, 0.6) is 5.75 Å². The largest absolute Gasteiger partial charge is 0.573 e. The first-order chi connectivity index (χ1) is 16.7. The number of hydrogen-bond donors (Lipinski definition) is 1. The molecular formula is C23H25ClF4N4O4. The topological polar surface area (TPSA) is 93.7 Å². The number of aromatic nitrogens is 2. The van der Waals surface area contributed by atoms with Crippen molar-refractivity contribution < 1.29 is 36.6 Å². The highest BCUT2D eigenvalue weighted by Crippen LogP contribution is 2.36. The van der Waals surface area contributed by atoms with E-state index in [2.05, 4.69) is 20.0 Å². The molecular weight excluding hydrogens is 508 g/mol. The first-order valence-electron chi connectivity index (χ1n) is 10.9. The molecule has 2 amide bonds. The van der Waals surface area contributed by atoms with Crippen molar-refractivity contribution in [2.24, 2.45) is 0 Å². The van der Waals surface area contributed by atoms with E-state index in [9.17, 15) is 27.2 Å². The number of nitrogens with zero attached hydrogens (tertiary/aromatic N) is 3. The summed E-state index contributed by atoms with van der Waals surface area (Å²) in [5, 5.41) is 2.89. The number of ether oxygens (including phenoxy) is 2. The van der Waals surface area contributed by atoms with Crippen LogP contribution in [0.3, 0.4) is 0 Å². The van der Waals surface area contributed by atoms with Crippen LogP contribution in [0.2, 0.25) is 0 Å². The van der Waals surface area contributed by atoms with Crippen LogP contribution >= 0.6 is 11.6 Å². The number of rotatable bonds is 7. The molecule has 13 heteroatoms. The second-order valence-corrected chi connectivity index (χ2v) is 9.37. The van der Waals surface area contributed by atoms with Crippen LogP contribution in [0, 0.1) is 0 Å². The van der Waals surface area contributed by atoms with Gasteiger partial charge in [-0.1, -0.05) is 11.6 Å². The molecule has 1 aliphatic rings. The Balaban J connectivity index is 2.07. The van der Waals surface area contributed by atoms with Crippen molar-refractivity contribution in [1.82, 2.24) is 15.3 Å². The van der Waals surface area contributed by atoms with E-state index in [1.54, 1.807) is 0 Å². The molecule has 3 rings (SSSR count). The van der Waals surface area contributed by atoms with E-state index in [-0.39, 0.29) is 17.3 Å². The van der Waals surface area contributed by atoms with Crippen molar-refractivity contribution in [2.75, 3.05) is 11.5 Å². The average molecular weight is 533 g/mol. The third-order valence-corrected chi connectivity index (χ3v) is 5.97. The van der Waals surface area contributed by atoms with E-state index < -0.39 is 40.7 Å². The molecule has 1 fully saturated rings. The fourth-order valence-corrected chi connectivity index (χ4v) is 4.19. The van der Waals surface area contributed by atoms with Gasteiger partial charge in [-0.15, -0.1) is 13.2 Å². The van der Waals surface area contributed by atoms with Crippen LogP contribution in [0.25, 0.3) is 0 Å². The Hall–Kier alpha value is -2.99. The second kappa shape index (κ2) is 10.6. The molecule has 0 bridgehead atoms. The van der Waals surface area contributed by atoms with Crippen LogP contribution in [0.4, 0.5) is 23.2 Å². The van der Waals surface area contributed by atoms with E-state index in [0.29, 0.717) is 19.4 Å². The van der Waals surface area contributed by atoms with Gasteiger partial charge in [-0.2, -0.15) is 0 Å². The van der Waals surface area contributed by atoms with Gasteiger partial charge < -0.3 is 14.8 Å². The lowest BCUT2D eigenvalue weighted by Crippen LogP contribution is -2.60. The maximum Gasteiger partial charge on any atom is 0.573 e. The molecule has 2 aromatic rings. The van der Waals surface area contributed by atoms with Crippen molar-refractivity contribution in [1.29, 1.82) is 0 Å². The molecule has 0 unspecified atom stereocenters. The van der Waals surface area contributed by atoms with E-state index in [4.69, 9.17) is 16.3 Å². The minimum atomic E-state index is -4.94. The molecule has 0 saturated carbocycles. The quantitative estimate of drug-likeness (QED) is 0.424. The van der Waals surface area contributed by atoms with Gasteiger partial charge in [-0.25, -0.2) is 14.4 Å². The van der Waals surface area contributed by atoms with Crippen molar-refractivity contribution in [2.45, 2.75) is 62.8 Å². The van der Waals surface area contributed by atoms with E-state index in [0.717, 1.165) is 29.2 Å². The molecule has 2 heterocycles. The van der Waals surface area contributed by atoms with Crippen molar-refractivity contribution in [3.63, 3.8) is 0 Å². The molecule has 1 N–H and O–H groups in total. The summed E-state index contributed by atoms with van der Waals surface area (Å²) < 4.78 is 61.6. The normalized spacial score (nSPS) is 20.1. The third-order valence-electron chi connectivity index (χ3n) is 5.78. The highest BCUT2D eigenvalue weighted by molar-refractivity contribution is 6.32. The lowest BCUT2D eigenvalue weighted by atomic mass is 9.88. The summed E-state index contributed by atoms with van der Waals surface area (Å²) in [6.45, 7) is 5.48. The van der Waals surface area contributed by atoms with Crippen LogP contribution in [0.1, 0.15) is 39.2 Å². The number of carbonyl (C=O) groups excluding carboxylic acids is 2. The Morgan fingerprint density at radius 1 is 1.22 bits per heavy atom. The predicted molar refractivity (Wildman–Crippen MR) is 122 cm³/mol. The Bertz CT molecular complexity index is 1070. The molecule has 0 radical (unpaired) electrons.